The van der Waals surface area contributed by atoms with Crippen molar-refractivity contribution in [3.8, 4) is 0 Å². The molecular formula is C17H25NO2. The molecule has 1 aromatic carbocycles. The standard InChI is InChI=1S/C17H25NO2/c1-12-6-9-16(13(2)11-12)17(19)18-14(3)7-8-15-5-4-10-20-15/h6,9,11,14-15H,4-5,7-8,10H2,1-3H3,(H,18,19)/t14-,15-/m1/s1. The predicted molar refractivity (Wildman–Crippen MR) is 81.1 cm³/mol. The number of benzene rings is 1. The third kappa shape index (κ3) is 4.07. The summed E-state index contributed by atoms with van der Waals surface area (Å²) < 4.78 is 5.61. The van der Waals surface area contributed by atoms with E-state index in [1.165, 1.54) is 12.0 Å². The molecule has 1 aliphatic heterocycles. The van der Waals surface area contributed by atoms with Gasteiger partial charge in [0.25, 0.3) is 5.91 Å². The number of hydrogen-bond acceptors (Lipinski definition) is 2. The Morgan fingerprint density at radius 1 is 1.45 bits per heavy atom. The molecule has 1 saturated heterocycles. The smallest absolute Gasteiger partial charge is 0.251 e. The van der Waals surface area contributed by atoms with Crippen molar-refractivity contribution in [3.05, 3.63) is 34.9 Å². The van der Waals surface area contributed by atoms with Crippen LogP contribution in [0.15, 0.2) is 18.2 Å². The molecule has 1 amide bonds. The van der Waals surface area contributed by atoms with Crippen LogP contribution in [-0.4, -0.2) is 24.7 Å². The van der Waals surface area contributed by atoms with Gasteiger partial charge in [0.05, 0.1) is 6.10 Å². The fourth-order valence-electron chi connectivity index (χ4n) is 2.75. The van der Waals surface area contributed by atoms with Crippen molar-refractivity contribution >= 4 is 5.91 Å². The molecule has 1 aromatic rings. The van der Waals surface area contributed by atoms with E-state index in [4.69, 9.17) is 4.74 Å². The maximum absolute atomic E-state index is 12.2. The maximum Gasteiger partial charge on any atom is 0.251 e. The molecule has 3 heteroatoms. The third-order valence-electron chi connectivity index (χ3n) is 3.95. The zero-order chi connectivity index (χ0) is 14.5. The fraction of sp³-hybridized carbons (Fsp3) is 0.588. The molecule has 2 atom stereocenters. The van der Waals surface area contributed by atoms with Gasteiger partial charge in [-0.3, -0.25) is 4.79 Å². The average molecular weight is 275 g/mol. The minimum Gasteiger partial charge on any atom is -0.378 e. The fourth-order valence-corrected chi connectivity index (χ4v) is 2.75. The summed E-state index contributed by atoms with van der Waals surface area (Å²) in [5.41, 5.74) is 3.00. The van der Waals surface area contributed by atoms with Crippen molar-refractivity contribution in [1.82, 2.24) is 5.32 Å². The molecule has 0 saturated carbocycles. The number of aryl methyl sites for hydroxylation is 2. The van der Waals surface area contributed by atoms with E-state index in [-0.39, 0.29) is 11.9 Å². The van der Waals surface area contributed by atoms with E-state index in [1.54, 1.807) is 0 Å². The average Bonchev–Trinajstić information content (AvgIpc) is 2.89. The van der Waals surface area contributed by atoms with Crippen LogP contribution in [0.25, 0.3) is 0 Å². The van der Waals surface area contributed by atoms with E-state index in [0.717, 1.165) is 37.0 Å². The van der Waals surface area contributed by atoms with E-state index in [9.17, 15) is 4.79 Å². The summed E-state index contributed by atoms with van der Waals surface area (Å²) >= 11 is 0. The van der Waals surface area contributed by atoms with Crippen LogP contribution in [0.5, 0.6) is 0 Å². The lowest BCUT2D eigenvalue weighted by molar-refractivity contribution is 0.0899. The second-order valence-electron chi connectivity index (χ2n) is 5.91. The molecule has 3 nitrogen and oxygen atoms in total. The number of hydrogen-bond donors (Lipinski definition) is 1. The summed E-state index contributed by atoms with van der Waals surface area (Å²) in [6, 6.07) is 6.13. The predicted octanol–water partition coefficient (Wildman–Crippen LogP) is 3.38. The summed E-state index contributed by atoms with van der Waals surface area (Å²) in [5.74, 6) is 0.0299. The lowest BCUT2D eigenvalue weighted by Gasteiger charge is -2.17. The second-order valence-corrected chi connectivity index (χ2v) is 5.91. The van der Waals surface area contributed by atoms with Gasteiger partial charge in [-0.15, -0.1) is 0 Å². The topological polar surface area (TPSA) is 38.3 Å². The van der Waals surface area contributed by atoms with E-state index in [2.05, 4.69) is 12.2 Å². The SMILES string of the molecule is Cc1ccc(C(=O)N[C@H](C)CC[C@H]2CCCO2)c(C)c1. The molecule has 2 rings (SSSR count). The number of carbonyl (C=O) groups excluding carboxylic acids is 1. The largest absolute Gasteiger partial charge is 0.378 e. The monoisotopic (exact) mass is 275 g/mol. The van der Waals surface area contributed by atoms with E-state index < -0.39 is 0 Å². The first kappa shape index (κ1) is 15.0. The Bertz CT molecular complexity index is 464. The van der Waals surface area contributed by atoms with E-state index >= 15 is 0 Å². The van der Waals surface area contributed by atoms with Crippen LogP contribution in [0.2, 0.25) is 0 Å². The van der Waals surface area contributed by atoms with Crippen LogP contribution in [0.3, 0.4) is 0 Å². The lowest BCUT2D eigenvalue weighted by Crippen LogP contribution is -2.33. The molecule has 1 aliphatic rings. The van der Waals surface area contributed by atoms with Crippen molar-refractivity contribution in [2.75, 3.05) is 6.61 Å². The van der Waals surface area contributed by atoms with Crippen LogP contribution in [-0.2, 0) is 4.74 Å². The Balaban J connectivity index is 1.83. The summed E-state index contributed by atoms with van der Waals surface area (Å²) in [7, 11) is 0. The molecule has 1 fully saturated rings. The molecule has 1 heterocycles. The van der Waals surface area contributed by atoms with Gasteiger partial charge in [-0.25, -0.2) is 0 Å². The molecule has 0 aromatic heterocycles. The summed E-state index contributed by atoms with van der Waals surface area (Å²) in [6.45, 7) is 6.99. The number of carbonyl (C=O) groups is 1. The first-order valence-corrected chi connectivity index (χ1v) is 7.56. The quantitative estimate of drug-likeness (QED) is 0.894. The molecule has 0 unspecified atom stereocenters. The minimum absolute atomic E-state index is 0.0299. The van der Waals surface area contributed by atoms with Crippen LogP contribution in [0.4, 0.5) is 0 Å². The highest BCUT2D eigenvalue weighted by Gasteiger charge is 2.17. The van der Waals surface area contributed by atoms with Crippen molar-refractivity contribution in [2.45, 2.75) is 58.6 Å². The summed E-state index contributed by atoms with van der Waals surface area (Å²) in [5, 5.41) is 3.09. The van der Waals surface area contributed by atoms with Crippen LogP contribution in [0.1, 0.15) is 54.1 Å². The van der Waals surface area contributed by atoms with Gasteiger partial charge in [0.2, 0.25) is 0 Å². The van der Waals surface area contributed by atoms with Crippen LogP contribution in [0, 0.1) is 13.8 Å². The molecule has 0 radical (unpaired) electrons. The van der Waals surface area contributed by atoms with Crippen molar-refractivity contribution in [2.24, 2.45) is 0 Å². The molecule has 1 N–H and O–H groups in total. The molecular weight excluding hydrogens is 250 g/mol. The Kier molecular flexibility index (Phi) is 5.18. The van der Waals surface area contributed by atoms with Gasteiger partial charge >= 0.3 is 0 Å². The van der Waals surface area contributed by atoms with Gasteiger partial charge < -0.3 is 10.1 Å². The third-order valence-corrected chi connectivity index (χ3v) is 3.95. The van der Waals surface area contributed by atoms with Crippen molar-refractivity contribution in [3.63, 3.8) is 0 Å². The summed E-state index contributed by atoms with van der Waals surface area (Å²) in [4.78, 5) is 12.2. The van der Waals surface area contributed by atoms with Crippen molar-refractivity contribution < 1.29 is 9.53 Å². The number of ether oxygens (including phenoxy) is 1. The summed E-state index contributed by atoms with van der Waals surface area (Å²) in [6.07, 6.45) is 4.75. The van der Waals surface area contributed by atoms with Gasteiger partial charge in [0.1, 0.15) is 0 Å². The van der Waals surface area contributed by atoms with Gasteiger partial charge in [-0.1, -0.05) is 17.7 Å². The zero-order valence-electron chi connectivity index (χ0n) is 12.7. The highest BCUT2D eigenvalue weighted by Crippen LogP contribution is 2.18. The number of amides is 1. The van der Waals surface area contributed by atoms with Gasteiger partial charge in [0.15, 0.2) is 0 Å². The Morgan fingerprint density at radius 2 is 2.25 bits per heavy atom. The first-order valence-electron chi connectivity index (χ1n) is 7.56. The van der Waals surface area contributed by atoms with Crippen molar-refractivity contribution in [1.29, 1.82) is 0 Å². The molecule has 20 heavy (non-hydrogen) atoms. The molecule has 0 aliphatic carbocycles. The van der Waals surface area contributed by atoms with Gasteiger partial charge in [-0.05, 0) is 58.1 Å². The molecule has 0 bridgehead atoms. The lowest BCUT2D eigenvalue weighted by atomic mass is 10.0. The Morgan fingerprint density at radius 3 is 2.90 bits per heavy atom. The van der Waals surface area contributed by atoms with Crippen LogP contribution >= 0.6 is 0 Å². The Labute approximate surface area is 121 Å². The van der Waals surface area contributed by atoms with E-state index in [0.29, 0.717) is 6.10 Å². The normalized spacial score (nSPS) is 19.9. The second kappa shape index (κ2) is 6.89. The highest BCUT2D eigenvalue weighted by atomic mass is 16.5. The zero-order valence-corrected chi connectivity index (χ0v) is 12.7. The van der Waals surface area contributed by atoms with Gasteiger partial charge in [-0.2, -0.15) is 0 Å². The minimum atomic E-state index is 0.0299. The first-order chi connectivity index (χ1) is 9.56. The number of nitrogens with one attached hydrogen (secondary N) is 1. The molecule has 0 spiro atoms. The highest BCUT2D eigenvalue weighted by molar-refractivity contribution is 5.95. The van der Waals surface area contributed by atoms with Crippen LogP contribution < -0.4 is 5.32 Å². The number of rotatable bonds is 5. The maximum atomic E-state index is 12.2. The van der Waals surface area contributed by atoms with E-state index in [1.807, 2.05) is 32.0 Å². The Hall–Kier alpha value is -1.35. The van der Waals surface area contributed by atoms with Gasteiger partial charge in [0, 0.05) is 18.2 Å². The molecule has 110 valence electrons.